The van der Waals surface area contributed by atoms with E-state index in [1.807, 2.05) is 13.8 Å². The van der Waals surface area contributed by atoms with Gasteiger partial charge < -0.3 is 9.30 Å². The van der Waals surface area contributed by atoms with Gasteiger partial charge in [0.1, 0.15) is 12.4 Å². The highest BCUT2D eigenvalue weighted by Gasteiger charge is 2.40. The average molecular weight is 402 g/mol. The van der Waals surface area contributed by atoms with Crippen LogP contribution in [0.2, 0.25) is 0 Å². The summed E-state index contributed by atoms with van der Waals surface area (Å²) in [5.74, 6) is 2.24. The van der Waals surface area contributed by atoms with Crippen LogP contribution in [0.25, 0.3) is 11.2 Å². The Morgan fingerprint density at radius 3 is 2.69 bits per heavy atom. The first-order valence-corrected chi connectivity index (χ1v) is 10.9. The number of ether oxygens (including phenoxy) is 1. The van der Waals surface area contributed by atoms with Gasteiger partial charge in [0.15, 0.2) is 11.2 Å². The Hall–Kier alpha value is -2.38. The molecule has 2 aromatic rings. The standard InChI is InChI=1S/C21H30N4O4/c1-3-5-8-25-19-18(20(27)23-21(25)28)24(4-2)16(22-19)12-29-17(26)11-15-10-13-6-7-14(15)9-13/h13-15H,3-12H2,1-2H3,(H,23,27,28)/t13-,14-,15+/m1/s1. The second-order valence-electron chi connectivity index (χ2n) is 8.51. The first-order valence-electron chi connectivity index (χ1n) is 10.9. The Kier molecular flexibility index (Phi) is 5.61. The molecule has 29 heavy (non-hydrogen) atoms. The summed E-state index contributed by atoms with van der Waals surface area (Å²) in [6, 6.07) is 0. The molecule has 3 atom stereocenters. The molecule has 0 amide bonds. The van der Waals surface area contributed by atoms with Crippen molar-refractivity contribution in [2.24, 2.45) is 17.8 Å². The average Bonchev–Trinajstić information content (AvgIpc) is 3.40. The zero-order valence-electron chi connectivity index (χ0n) is 17.3. The minimum Gasteiger partial charge on any atom is -0.457 e. The highest BCUT2D eigenvalue weighted by molar-refractivity contribution is 5.72. The lowest BCUT2D eigenvalue weighted by molar-refractivity contribution is -0.146. The third-order valence-electron chi connectivity index (χ3n) is 6.69. The van der Waals surface area contributed by atoms with Crippen LogP contribution in [0.1, 0.15) is 64.6 Å². The molecule has 2 bridgehead atoms. The van der Waals surface area contributed by atoms with E-state index in [2.05, 4.69) is 9.97 Å². The van der Waals surface area contributed by atoms with Crippen molar-refractivity contribution in [2.45, 2.75) is 78.5 Å². The van der Waals surface area contributed by atoms with Crippen molar-refractivity contribution in [1.29, 1.82) is 0 Å². The van der Waals surface area contributed by atoms with Gasteiger partial charge in [-0.05, 0) is 50.4 Å². The molecule has 8 nitrogen and oxygen atoms in total. The molecule has 2 aliphatic carbocycles. The third kappa shape index (κ3) is 3.76. The van der Waals surface area contributed by atoms with E-state index in [1.54, 1.807) is 4.57 Å². The molecule has 2 fully saturated rings. The van der Waals surface area contributed by atoms with E-state index < -0.39 is 11.2 Å². The summed E-state index contributed by atoms with van der Waals surface area (Å²) in [7, 11) is 0. The fraction of sp³-hybridized carbons (Fsp3) is 0.714. The van der Waals surface area contributed by atoms with Gasteiger partial charge in [-0.3, -0.25) is 19.1 Å². The van der Waals surface area contributed by atoms with E-state index in [0.717, 1.165) is 25.2 Å². The van der Waals surface area contributed by atoms with Gasteiger partial charge in [-0.25, -0.2) is 9.78 Å². The van der Waals surface area contributed by atoms with Crippen molar-refractivity contribution in [3.8, 4) is 0 Å². The maximum Gasteiger partial charge on any atom is 0.330 e. The minimum absolute atomic E-state index is 0.0174. The topological polar surface area (TPSA) is 99.0 Å². The first kappa shape index (κ1) is 19.9. The van der Waals surface area contributed by atoms with Crippen molar-refractivity contribution in [1.82, 2.24) is 19.1 Å². The number of nitrogens with zero attached hydrogens (tertiary/aromatic N) is 3. The van der Waals surface area contributed by atoms with E-state index in [4.69, 9.17) is 4.74 Å². The number of hydrogen-bond acceptors (Lipinski definition) is 5. The predicted octanol–water partition coefficient (Wildman–Crippen LogP) is 2.58. The zero-order valence-corrected chi connectivity index (χ0v) is 17.3. The largest absolute Gasteiger partial charge is 0.457 e. The lowest BCUT2D eigenvalue weighted by Gasteiger charge is -2.20. The summed E-state index contributed by atoms with van der Waals surface area (Å²) in [5.41, 5.74) is -0.168. The number of hydrogen-bond donors (Lipinski definition) is 1. The molecular formula is C21H30N4O4. The van der Waals surface area contributed by atoms with Crippen molar-refractivity contribution in [2.75, 3.05) is 0 Å². The number of carbonyl (C=O) groups excluding carboxylic acids is 1. The molecule has 2 saturated carbocycles. The minimum atomic E-state index is -0.452. The van der Waals surface area contributed by atoms with E-state index in [1.165, 1.54) is 23.8 Å². The number of carbonyl (C=O) groups is 1. The summed E-state index contributed by atoms with van der Waals surface area (Å²) in [6.07, 6.45) is 7.17. The number of fused-ring (bicyclic) bond motifs is 3. The monoisotopic (exact) mass is 402 g/mol. The molecule has 0 saturated heterocycles. The van der Waals surface area contributed by atoms with Crippen LogP contribution in [0.4, 0.5) is 0 Å². The van der Waals surface area contributed by atoms with Crippen LogP contribution in [-0.4, -0.2) is 25.1 Å². The van der Waals surface area contributed by atoms with Gasteiger partial charge in [0.05, 0.1) is 0 Å². The second kappa shape index (κ2) is 8.16. The molecule has 2 heterocycles. The van der Waals surface area contributed by atoms with Crippen LogP contribution in [-0.2, 0) is 29.2 Å². The smallest absolute Gasteiger partial charge is 0.330 e. The molecule has 2 aliphatic rings. The first-order chi connectivity index (χ1) is 14.0. The van der Waals surface area contributed by atoms with Gasteiger partial charge in [-0.15, -0.1) is 0 Å². The SMILES string of the molecule is CCCCn1c(=O)[nH]c(=O)c2c1nc(COC(=O)C[C@@H]1C[C@@H]3CC[C@@H]1C3)n2CC. The number of aromatic amines is 1. The number of esters is 1. The lowest BCUT2D eigenvalue weighted by Crippen LogP contribution is -2.31. The van der Waals surface area contributed by atoms with Gasteiger partial charge in [0, 0.05) is 19.5 Å². The Morgan fingerprint density at radius 2 is 2.03 bits per heavy atom. The number of nitrogens with one attached hydrogen (secondary N) is 1. The normalized spacial score (nSPS) is 23.2. The fourth-order valence-corrected chi connectivity index (χ4v) is 5.24. The maximum atomic E-state index is 12.4. The van der Waals surface area contributed by atoms with Crippen molar-refractivity contribution < 1.29 is 9.53 Å². The molecule has 0 radical (unpaired) electrons. The Morgan fingerprint density at radius 1 is 1.21 bits per heavy atom. The molecular weight excluding hydrogens is 372 g/mol. The van der Waals surface area contributed by atoms with E-state index in [0.29, 0.717) is 48.3 Å². The Bertz CT molecular complexity index is 1020. The van der Waals surface area contributed by atoms with E-state index >= 15 is 0 Å². The molecule has 0 spiro atoms. The van der Waals surface area contributed by atoms with Crippen molar-refractivity contribution in [3.63, 3.8) is 0 Å². The summed E-state index contributed by atoms with van der Waals surface area (Å²) >= 11 is 0. The van der Waals surface area contributed by atoms with E-state index in [-0.39, 0.29) is 12.6 Å². The summed E-state index contributed by atoms with van der Waals surface area (Å²) in [5, 5.41) is 0. The molecule has 0 aliphatic heterocycles. The highest BCUT2D eigenvalue weighted by Crippen LogP contribution is 2.49. The van der Waals surface area contributed by atoms with Gasteiger partial charge in [0.25, 0.3) is 5.56 Å². The molecule has 4 rings (SSSR count). The number of aryl methyl sites for hydroxylation is 2. The lowest BCUT2D eigenvalue weighted by atomic mass is 9.86. The van der Waals surface area contributed by atoms with Crippen molar-refractivity contribution >= 4 is 17.1 Å². The second-order valence-corrected chi connectivity index (χ2v) is 8.51. The van der Waals surface area contributed by atoms with Crippen LogP contribution in [0.3, 0.4) is 0 Å². The van der Waals surface area contributed by atoms with Gasteiger partial charge in [-0.1, -0.05) is 19.8 Å². The predicted molar refractivity (Wildman–Crippen MR) is 109 cm³/mol. The van der Waals surface area contributed by atoms with Gasteiger partial charge >= 0.3 is 11.7 Å². The van der Waals surface area contributed by atoms with Crippen LogP contribution in [0.5, 0.6) is 0 Å². The third-order valence-corrected chi connectivity index (χ3v) is 6.69. The number of aromatic nitrogens is 4. The molecule has 158 valence electrons. The summed E-state index contributed by atoms with van der Waals surface area (Å²) in [4.78, 5) is 44.0. The van der Waals surface area contributed by atoms with E-state index in [9.17, 15) is 14.4 Å². The summed E-state index contributed by atoms with van der Waals surface area (Å²) in [6.45, 7) is 4.96. The Labute approximate surface area is 169 Å². The number of imidazole rings is 1. The zero-order chi connectivity index (χ0) is 20.5. The highest BCUT2D eigenvalue weighted by atomic mass is 16.5. The molecule has 2 aromatic heterocycles. The molecule has 1 N–H and O–H groups in total. The number of H-pyrrole nitrogens is 1. The van der Waals surface area contributed by atoms with Crippen molar-refractivity contribution in [3.05, 3.63) is 26.7 Å². The van der Waals surface area contributed by atoms with Gasteiger partial charge in [-0.2, -0.15) is 0 Å². The number of unbranched alkanes of at least 4 members (excludes halogenated alkanes) is 1. The fourth-order valence-electron chi connectivity index (χ4n) is 5.24. The van der Waals surface area contributed by atoms with Crippen LogP contribution < -0.4 is 11.2 Å². The quantitative estimate of drug-likeness (QED) is 0.684. The molecule has 0 aromatic carbocycles. The van der Waals surface area contributed by atoms with Crippen LogP contribution in [0, 0.1) is 17.8 Å². The van der Waals surface area contributed by atoms with Gasteiger partial charge in [0.2, 0.25) is 0 Å². The Balaban J connectivity index is 1.53. The maximum absolute atomic E-state index is 12.4. The number of rotatable bonds is 8. The van der Waals surface area contributed by atoms with Crippen LogP contribution >= 0.6 is 0 Å². The molecule has 0 unspecified atom stereocenters. The van der Waals surface area contributed by atoms with Crippen LogP contribution in [0.15, 0.2) is 9.59 Å². The molecule has 8 heteroatoms. The summed E-state index contributed by atoms with van der Waals surface area (Å²) < 4.78 is 8.78.